The van der Waals surface area contributed by atoms with Gasteiger partial charge in [0.15, 0.2) is 5.76 Å². The van der Waals surface area contributed by atoms with Crippen LogP contribution >= 0.6 is 0 Å². The minimum Gasteiger partial charge on any atom is -0.454 e. The molecular formula is C16H24N4O4. The van der Waals surface area contributed by atoms with Crippen LogP contribution in [0.1, 0.15) is 29.2 Å². The van der Waals surface area contributed by atoms with Gasteiger partial charge in [0.2, 0.25) is 5.91 Å². The van der Waals surface area contributed by atoms with Crippen LogP contribution in [0.5, 0.6) is 0 Å². The van der Waals surface area contributed by atoms with E-state index in [1.807, 2.05) is 0 Å². The number of hydrogen-bond donors (Lipinski definition) is 2. The lowest BCUT2D eigenvalue weighted by Crippen LogP contribution is -2.48. The van der Waals surface area contributed by atoms with Gasteiger partial charge in [-0.05, 0) is 25.0 Å². The molecule has 1 fully saturated rings. The normalized spacial score (nSPS) is 17.3. The Morgan fingerprint density at radius 3 is 2.75 bits per heavy atom. The summed E-state index contributed by atoms with van der Waals surface area (Å²) in [5.74, 6) is 0.0824. The summed E-state index contributed by atoms with van der Waals surface area (Å²) >= 11 is 0. The number of nitrogens with zero attached hydrogens (tertiary/aromatic N) is 2. The first-order valence-corrected chi connectivity index (χ1v) is 7.97. The molecule has 24 heavy (non-hydrogen) atoms. The largest absolute Gasteiger partial charge is 0.454 e. The average Bonchev–Trinajstić information content (AvgIpc) is 3.07. The van der Waals surface area contributed by atoms with E-state index in [0.717, 1.165) is 12.8 Å². The number of carbonyl (C=O) groups excluding carboxylic acids is 3. The maximum atomic E-state index is 12.3. The number of furan rings is 1. The summed E-state index contributed by atoms with van der Waals surface area (Å²) < 4.78 is 5.37. The van der Waals surface area contributed by atoms with E-state index in [0.29, 0.717) is 18.8 Å². The maximum absolute atomic E-state index is 12.3. The highest BCUT2D eigenvalue weighted by atomic mass is 16.4. The Labute approximate surface area is 141 Å². The zero-order valence-corrected chi connectivity index (χ0v) is 14.3. The predicted octanol–water partition coefficient (Wildman–Crippen LogP) is 0.649. The third-order valence-corrected chi connectivity index (χ3v) is 3.99. The number of likely N-dealkylation sites (tertiary alicyclic amines) is 1. The van der Waals surface area contributed by atoms with E-state index in [-0.39, 0.29) is 36.1 Å². The van der Waals surface area contributed by atoms with Crippen molar-refractivity contribution in [2.45, 2.75) is 19.4 Å². The fourth-order valence-corrected chi connectivity index (χ4v) is 2.68. The lowest BCUT2D eigenvalue weighted by molar-refractivity contribution is -0.126. The predicted molar refractivity (Wildman–Crippen MR) is 87.3 cm³/mol. The SMILES string of the molecule is CNC(=O)c1ccc(CNC(=O)[C@H]2CCCN(C(=O)N(C)C)C2)o1. The molecule has 0 bridgehead atoms. The maximum Gasteiger partial charge on any atom is 0.319 e. The second kappa shape index (κ2) is 7.85. The van der Waals surface area contributed by atoms with E-state index in [2.05, 4.69) is 10.6 Å². The molecule has 0 radical (unpaired) electrons. The summed E-state index contributed by atoms with van der Waals surface area (Å²) in [5.41, 5.74) is 0. The second-order valence-corrected chi connectivity index (χ2v) is 6.03. The second-order valence-electron chi connectivity index (χ2n) is 6.03. The highest BCUT2D eigenvalue weighted by Crippen LogP contribution is 2.18. The van der Waals surface area contributed by atoms with Gasteiger partial charge in [0, 0.05) is 34.2 Å². The summed E-state index contributed by atoms with van der Waals surface area (Å²) in [6.07, 6.45) is 1.56. The Kier molecular flexibility index (Phi) is 5.83. The molecule has 1 aliphatic rings. The zero-order chi connectivity index (χ0) is 17.7. The van der Waals surface area contributed by atoms with Gasteiger partial charge in [0.25, 0.3) is 5.91 Å². The van der Waals surface area contributed by atoms with Crippen LogP contribution in [0, 0.1) is 5.92 Å². The van der Waals surface area contributed by atoms with Crippen LogP contribution in [0.2, 0.25) is 0 Å². The smallest absolute Gasteiger partial charge is 0.319 e. The lowest BCUT2D eigenvalue weighted by Gasteiger charge is -2.33. The standard InChI is InChI=1S/C16H24N4O4/c1-17-15(22)13-7-6-12(24-13)9-18-14(21)11-5-4-8-20(10-11)16(23)19(2)3/h6-7,11H,4-5,8-10H2,1-3H3,(H,17,22)(H,18,21)/t11-/m0/s1. The van der Waals surface area contributed by atoms with Crippen molar-refractivity contribution >= 4 is 17.8 Å². The molecule has 2 heterocycles. The molecule has 2 N–H and O–H groups in total. The Morgan fingerprint density at radius 1 is 1.33 bits per heavy atom. The fourth-order valence-electron chi connectivity index (χ4n) is 2.68. The summed E-state index contributed by atoms with van der Waals surface area (Å²) in [5, 5.41) is 5.29. The average molecular weight is 336 g/mol. The highest BCUT2D eigenvalue weighted by molar-refractivity contribution is 5.91. The summed E-state index contributed by atoms with van der Waals surface area (Å²) in [6.45, 7) is 1.31. The van der Waals surface area contributed by atoms with Crippen LogP contribution in [0.25, 0.3) is 0 Å². The summed E-state index contributed by atoms with van der Waals surface area (Å²) in [7, 11) is 4.93. The van der Waals surface area contributed by atoms with Crippen LogP contribution < -0.4 is 10.6 Å². The molecule has 1 saturated heterocycles. The molecule has 132 valence electrons. The molecule has 4 amide bonds. The number of amides is 4. The molecule has 8 heteroatoms. The van der Waals surface area contributed by atoms with Gasteiger partial charge in [-0.1, -0.05) is 0 Å². The molecule has 1 aliphatic heterocycles. The van der Waals surface area contributed by atoms with Crippen LogP contribution in [0.4, 0.5) is 4.79 Å². The minimum atomic E-state index is -0.308. The lowest BCUT2D eigenvalue weighted by atomic mass is 9.97. The zero-order valence-electron chi connectivity index (χ0n) is 14.3. The van der Waals surface area contributed by atoms with Gasteiger partial charge in [0.1, 0.15) is 5.76 Å². The van der Waals surface area contributed by atoms with E-state index in [9.17, 15) is 14.4 Å². The van der Waals surface area contributed by atoms with Crippen LogP contribution in [0.15, 0.2) is 16.5 Å². The van der Waals surface area contributed by atoms with Crippen molar-refractivity contribution in [1.82, 2.24) is 20.4 Å². The summed E-state index contributed by atoms with van der Waals surface area (Å²) in [4.78, 5) is 39.0. The Balaban J connectivity index is 1.87. The number of hydrogen-bond acceptors (Lipinski definition) is 4. The molecule has 0 saturated carbocycles. The van der Waals surface area contributed by atoms with Crippen molar-refractivity contribution in [2.24, 2.45) is 5.92 Å². The van der Waals surface area contributed by atoms with Gasteiger partial charge >= 0.3 is 6.03 Å². The van der Waals surface area contributed by atoms with Crippen LogP contribution in [0.3, 0.4) is 0 Å². The van der Waals surface area contributed by atoms with Crippen molar-refractivity contribution in [2.75, 3.05) is 34.2 Å². The molecule has 0 aliphatic carbocycles. The van der Waals surface area contributed by atoms with Gasteiger partial charge in [-0.15, -0.1) is 0 Å². The number of piperidine rings is 1. The van der Waals surface area contributed by atoms with E-state index >= 15 is 0 Å². The van der Waals surface area contributed by atoms with E-state index in [1.54, 1.807) is 31.1 Å². The highest BCUT2D eigenvalue weighted by Gasteiger charge is 2.29. The van der Waals surface area contributed by atoms with Crippen LogP contribution in [-0.2, 0) is 11.3 Å². The Hall–Kier alpha value is -2.51. The molecule has 0 spiro atoms. The van der Waals surface area contributed by atoms with Crippen LogP contribution in [-0.4, -0.2) is 61.9 Å². The monoisotopic (exact) mass is 336 g/mol. The van der Waals surface area contributed by atoms with Crippen molar-refractivity contribution in [1.29, 1.82) is 0 Å². The Bertz CT molecular complexity index is 611. The molecule has 1 aromatic rings. The summed E-state index contributed by atoms with van der Waals surface area (Å²) in [6, 6.07) is 3.15. The quantitative estimate of drug-likeness (QED) is 0.844. The molecule has 0 unspecified atom stereocenters. The van der Waals surface area contributed by atoms with Crippen molar-refractivity contribution < 1.29 is 18.8 Å². The first kappa shape index (κ1) is 17.8. The van der Waals surface area contributed by atoms with E-state index in [1.165, 1.54) is 11.9 Å². The molecule has 2 rings (SSSR count). The molecule has 1 atom stereocenters. The number of nitrogens with one attached hydrogen (secondary N) is 2. The topological polar surface area (TPSA) is 94.9 Å². The van der Waals surface area contributed by atoms with E-state index in [4.69, 9.17) is 4.42 Å². The first-order chi connectivity index (χ1) is 11.4. The molecule has 1 aromatic heterocycles. The number of carbonyl (C=O) groups is 3. The van der Waals surface area contributed by atoms with Crippen molar-refractivity contribution in [3.63, 3.8) is 0 Å². The first-order valence-electron chi connectivity index (χ1n) is 7.97. The van der Waals surface area contributed by atoms with Gasteiger partial charge in [0.05, 0.1) is 12.5 Å². The van der Waals surface area contributed by atoms with Gasteiger partial charge < -0.3 is 24.9 Å². The Morgan fingerprint density at radius 2 is 2.08 bits per heavy atom. The third kappa shape index (κ3) is 4.27. The number of urea groups is 1. The van der Waals surface area contributed by atoms with Gasteiger partial charge in [-0.25, -0.2) is 4.79 Å². The van der Waals surface area contributed by atoms with Gasteiger partial charge in [-0.2, -0.15) is 0 Å². The fraction of sp³-hybridized carbons (Fsp3) is 0.562. The number of rotatable bonds is 4. The molecular weight excluding hydrogens is 312 g/mol. The minimum absolute atomic E-state index is 0.0752. The van der Waals surface area contributed by atoms with Crippen molar-refractivity contribution in [3.8, 4) is 0 Å². The van der Waals surface area contributed by atoms with Crippen molar-refractivity contribution in [3.05, 3.63) is 23.7 Å². The van der Waals surface area contributed by atoms with Gasteiger partial charge in [-0.3, -0.25) is 9.59 Å². The molecule has 8 nitrogen and oxygen atoms in total. The van der Waals surface area contributed by atoms with E-state index < -0.39 is 0 Å². The third-order valence-electron chi connectivity index (χ3n) is 3.99. The molecule has 0 aromatic carbocycles.